The van der Waals surface area contributed by atoms with Crippen LogP contribution in [0.5, 0.6) is 0 Å². The van der Waals surface area contributed by atoms with Gasteiger partial charge >= 0.3 is 5.97 Å². The molecule has 174 valence electrons. The van der Waals surface area contributed by atoms with Gasteiger partial charge in [0.25, 0.3) is 5.56 Å². The maximum absolute atomic E-state index is 13.1. The van der Waals surface area contributed by atoms with Gasteiger partial charge in [-0.3, -0.25) is 14.2 Å². The Morgan fingerprint density at radius 2 is 1.79 bits per heavy atom. The molecule has 7 nitrogen and oxygen atoms in total. The van der Waals surface area contributed by atoms with Gasteiger partial charge in [-0.25, -0.2) is 9.78 Å². The Balaban J connectivity index is 1.54. The zero-order valence-electron chi connectivity index (χ0n) is 19.4. The van der Waals surface area contributed by atoms with Crippen molar-refractivity contribution in [2.24, 2.45) is 0 Å². The monoisotopic (exact) mass is 475 g/mol. The van der Waals surface area contributed by atoms with Gasteiger partial charge in [-0.2, -0.15) is 0 Å². The number of para-hydroxylation sites is 1. The average Bonchev–Trinajstić information content (AvgIpc) is 3.18. The number of esters is 1. The molecule has 4 rings (SSSR count). The number of fused-ring (bicyclic) bond motifs is 1. The SMILES string of the molecule is Cc1nc(NC(=O)C(C)n2c(=O)cc(C)c3cccc(C)c32)sc1C(=O)OCc1ccccc1. The van der Waals surface area contributed by atoms with E-state index in [1.165, 1.54) is 4.57 Å². The van der Waals surface area contributed by atoms with Gasteiger partial charge in [-0.1, -0.05) is 59.9 Å². The second-order valence-electron chi connectivity index (χ2n) is 8.17. The Labute approximate surface area is 201 Å². The third-order valence-corrected chi connectivity index (χ3v) is 6.73. The van der Waals surface area contributed by atoms with E-state index in [9.17, 15) is 14.4 Å². The van der Waals surface area contributed by atoms with E-state index >= 15 is 0 Å². The van der Waals surface area contributed by atoms with Crippen LogP contribution >= 0.6 is 11.3 Å². The first-order valence-electron chi connectivity index (χ1n) is 10.9. The van der Waals surface area contributed by atoms with E-state index in [0.29, 0.717) is 10.6 Å². The van der Waals surface area contributed by atoms with Crippen LogP contribution in [0.4, 0.5) is 5.13 Å². The van der Waals surface area contributed by atoms with Crippen molar-refractivity contribution in [2.75, 3.05) is 5.32 Å². The van der Waals surface area contributed by atoms with Crippen molar-refractivity contribution in [2.45, 2.75) is 40.3 Å². The lowest BCUT2D eigenvalue weighted by Crippen LogP contribution is -2.32. The molecule has 0 saturated carbocycles. The third kappa shape index (κ3) is 4.63. The largest absolute Gasteiger partial charge is 0.457 e. The molecule has 2 aromatic heterocycles. The number of anilines is 1. The minimum atomic E-state index is -0.783. The van der Waals surface area contributed by atoms with Crippen molar-refractivity contribution in [3.05, 3.63) is 92.2 Å². The maximum Gasteiger partial charge on any atom is 0.350 e. The first-order valence-corrected chi connectivity index (χ1v) is 11.7. The fraction of sp³-hybridized carbons (Fsp3) is 0.231. The number of hydrogen-bond acceptors (Lipinski definition) is 6. The lowest BCUT2D eigenvalue weighted by atomic mass is 10.1. The normalized spacial score (nSPS) is 11.9. The van der Waals surface area contributed by atoms with Crippen molar-refractivity contribution in [1.29, 1.82) is 0 Å². The van der Waals surface area contributed by atoms with Gasteiger partial charge in [0.2, 0.25) is 5.91 Å². The first kappa shape index (κ1) is 23.4. The number of aromatic nitrogens is 2. The number of aryl methyl sites for hydroxylation is 3. The quantitative estimate of drug-likeness (QED) is 0.399. The van der Waals surface area contributed by atoms with Crippen molar-refractivity contribution >= 4 is 39.2 Å². The summed E-state index contributed by atoms with van der Waals surface area (Å²) in [5, 5.41) is 3.96. The van der Waals surface area contributed by atoms with E-state index in [2.05, 4.69) is 10.3 Å². The van der Waals surface area contributed by atoms with Crippen molar-refractivity contribution < 1.29 is 14.3 Å². The molecule has 1 unspecified atom stereocenters. The van der Waals surface area contributed by atoms with Crippen LogP contribution in [0.2, 0.25) is 0 Å². The number of rotatable bonds is 6. The van der Waals surface area contributed by atoms with Gasteiger partial charge in [0.1, 0.15) is 17.5 Å². The van der Waals surface area contributed by atoms with Gasteiger partial charge in [0.15, 0.2) is 5.13 Å². The fourth-order valence-corrected chi connectivity index (χ4v) is 4.74. The zero-order valence-corrected chi connectivity index (χ0v) is 20.2. The fourth-order valence-electron chi connectivity index (χ4n) is 3.88. The molecule has 1 amide bonds. The van der Waals surface area contributed by atoms with Crippen LogP contribution in [-0.2, 0) is 16.1 Å². The molecule has 1 atom stereocenters. The molecule has 4 aromatic rings. The molecule has 1 N–H and O–H groups in total. The standard InChI is InChI=1S/C26H25N3O4S/c1-15-9-8-12-20-16(2)13-21(30)29(22(15)20)18(4)24(31)28-26-27-17(3)23(34-26)25(32)33-14-19-10-6-5-7-11-19/h5-13,18H,14H2,1-4H3,(H,27,28,31). The Morgan fingerprint density at radius 1 is 1.06 bits per heavy atom. The molecule has 0 bridgehead atoms. The highest BCUT2D eigenvalue weighted by molar-refractivity contribution is 7.17. The molecule has 34 heavy (non-hydrogen) atoms. The van der Waals surface area contributed by atoms with Crippen LogP contribution < -0.4 is 10.9 Å². The topological polar surface area (TPSA) is 90.3 Å². The van der Waals surface area contributed by atoms with Crippen molar-refractivity contribution in [3.8, 4) is 0 Å². The molecule has 2 heterocycles. The summed E-state index contributed by atoms with van der Waals surface area (Å²) in [5.41, 5.74) is 3.61. The minimum absolute atomic E-state index is 0.151. The summed E-state index contributed by atoms with van der Waals surface area (Å²) in [7, 11) is 0. The van der Waals surface area contributed by atoms with E-state index < -0.39 is 17.9 Å². The van der Waals surface area contributed by atoms with E-state index in [0.717, 1.165) is 38.9 Å². The summed E-state index contributed by atoms with van der Waals surface area (Å²) in [5.74, 6) is -0.891. The van der Waals surface area contributed by atoms with Gasteiger partial charge in [-0.05, 0) is 44.4 Å². The molecule has 0 aliphatic rings. The number of hydrogen-bond donors (Lipinski definition) is 1. The van der Waals surface area contributed by atoms with E-state index in [1.807, 2.05) is 62.4 Å². The Kier molecular flexibility index (Phi) is 6.61. The summed E-state index contributed by atoms with van der Waals surface area (Å²) in [4.78, 5) is 43.1. The predicted molar refractivity (Wildman–Crippen MR) is 133 cm³/mol. The van der Waals surface area contributed by atoms with Gasteiger partial charge in [-0.15, -0.1) is 0 Å². The van der Waals surface area contributed by atoms with Crippen molar-refractivity contribution in [1.82, 2.24) is 9.55 Å². The Morgan fingerprint density at radius 3 is 2.53 bits per heavy atom. The summed E-state index contributed by atoms with van der Waals surface area (Å²) < 4.78 is 6.89. The van der Waals surface area contributed by atoms with Crippen LogP contribution in [-0.4, -0.2) is 21.4 Å². The minimum Gasteiger partial charge on any atom is -0.457 e. The first-order chi connectivity index (χ1) is 16.3. The number of carbonyl (C=O) groups excluding carboxylic acids is 2. The highest BCUT2D eigenvalue weighted by atomic mass is 32.1. The second-order valence-corrected chi connectivity index (χ2v) is 9.17. The van der Waals surface area contributed by atoms with Crippen LogP contribution in [0.3, 0.4) is 0 Å². The van der Waals surface area contributed by atoms with Crippen LogP contribution in [0.1, 0.15) is 45.0 Å². The summed E-state index contributed by atoms with van der Waals surface area (Å²) >= 11 is 1.05. The lowest BCUT2D eigenvalue weighted by molar-refractivity contribution is -0.118. The molecule has 0 fully saturated rings. The Bertz CT molecular complexity index is 1440. The number of ether oxygens (including phenoxy) is 1. The number of thiazole rings is 1. The number of nitrogens with one attached hydrogen (secondary N) is 1. The second kappa shape index (κ2) is 9.61. The highest BCUT2D eigenvalue weighted by Crippen LogP contribution is 2.26. The van der Waals surface area contributed by atoms with Gasteiger partial charge in [0.05, 0.1) is 11.2 Å². The van der Waals surface area contributed by atoms with Crippen LogP contribution in [0.25, 0.3) is 10.9 Å². The smallest absolute Gasteiger partial charge is 0.350 e. The summed E-state index contributed by atoms with van der Waals surface area (Å²) in [6.45, 7) is 7.32. The van der Waals surface area contributed by atoms with Gasteiger partial charge < -0.3 is 10.1 Å². The number of pyridine rings is 1. The zero-order chi connectivity index (χ0) is 24.4. The lowest BCUT2D eigenvalue weighted by Gasteiger charge is -2.19. The number of amides is 1. The molecule has 0 spiro atoms. The molecule has 2 aromatic carbocycles. The van der Waals surface area contributed by atoms with Crippen LogP contribution in [0, 0.1) is 20.8 Å². The summed E-state index contributed by atoms with van der Waals surface area (Å²) in [6, 6.07) is 15.9. The average molecular weight is 476 g/mol. The summed E-state index contributed by atoms with van der Waals surface area (Å²) in [6.07, 6.45) is 0. The highest BCUT2D eigenvalue weighted by Gasteiger charge is 2.23. The maximum atomic E-state index is 13.1. The van der Waals surface area contributed by atoms with Gasteiger partial charge in [0, 0.05) is 11.5 Å². The molecule has 0 aliphatic carbocycles. The van der Waals surface area contributed by atoms with Crippen molar-refractivity contribution in [3.63, 3.8) is 0 Å². The Hall–Kier alpha value is -3.78. The number of nitrogens with zero attached hydrogens (tertiary/aromatic N) is 2. The number of benzene rings is 2. The molecular weight excluding hydrogens is 450 g/mol. The molecule has 0 saturated heterocycles. The molecule has 8 heteroatoms. The predicted octanol–water partition coefficient (Wildman–Crippen LogP) is 4.94. The molecule has 0 radical (unpaired) electrons. The van der Waals surface area contributed by atoms with E-state index in [1.54, 1.807) is 19.9 Å². The number of carbonyl (C=O) groups is 2. The van der Waals surface area contributed by atoms with E-state index in [4.69, 9.17) is 4.74 Å². The molecular formula is C26H25N3O4S. The third-order valence-electron chi connectivity index (χ3n) is 5.67. The molecule has 0 aliphatic heterocycles. The van der Waals surface area contributed by atoms with E-state index in [-0.39, 0.29) is 17.3 Å². The van der Waals surface area contributed by atoms with Crippen LogP contribution in [0.15, 0.2) is 59.4 Å².